The maximum absolute atomic E-state index is 6.37. The molecule has 2 heteroatoms. The molecular weight excluding hydrogens is 220 g/mol. The van der Waals surface area contributed by atoms with Gasteiger partial charge < -0.3 is 5.73 Å². The molecule has 0 radical (unpaired) electrons. The van der Waals surface area contributed by atoms with Crippen LogP contribution in [0.15, 0.2) is 0 Å². The predicted octanol–water partition coefficient (Wildman–Crippen LogP) is 2.48. The third-order valence-electron chi connectivity index (χ3n) is 6.89. The molecule has 5 fully saturated rings. The maximum atomic E-state index is 6.37. The van der Waals surface area contributed by atoms with Gasteiger partial charge in [0, 0.05) is 18.6 Å². The number of hydrogen-bond acceptors (Lipinski definition) is 2. The van der Waals surface area contributed by atoms with Crippen molar-refractivity contribution < 1.29 is 0 Å². The molecule has 102 valence electrons. The Hall–Kier alpha value is -0.0800. The van der Waals surface area contributed by atoms with Crippen LogP contribution in [0, 0.1) is 29.6 Å². The summed E-state index contributed by atoms with van der Waals surface area (Å²) in [5, 5.41) is 0. The van der Waals surface area contributed by atoms with Crippen molar-refractivity contribution in [1.29, 1.82) is 0 Å². The lowest BCUT2D eigenvalue weighted by atomic mass is 9.48. The quantitative estimate of drug-likeness (QED) is 0.813. The molecule has 0 aromatic carbocycles. The Kier molecular flexibility index (Phi) is 2.58. The van der Waals surface area contributed by atoms with Gasteiger partial charge in [-0.15, -0.1) is 0 Å². The largest absolute Gasteiger partial charge is 0.329 e. The third-order valence-corrected chi connectivity index (χ3v) is 6.89. The molecule has 4 saturated carbocycles. The highest BCUT2D eigenvalue weighted by molar-refractivity contribution is 5.13. The Morgan fingerprint density at radius 2 is 1.67 bits per heavy atom. The molecule has 1 heterocycles. The highest BCUT2D eigenvalue weighted by atomic mass is 15.2. The topological polar surface area (TPSA) is 29.3 Å². The molecule has 1 aliphatic heterocycles. The van der Waals surface area contributed by atoms with Crippen molar-refractivity contribution in [3.8, 4) is 0 Å². The van der Waals surface area contributed by atoms with Crippen molar-refractivity contribution in [3.63, 3.8) is 0 Å². The fourth-order valence-corrected chi connectivity index (χ4v) is 6.29. The second-order valence-electron chi connectivity index (χ2n) is 7.84. The van der Waals surface area contributed by atoms with Gasteiger partial charge >= 0.3 is 0 Å². The van der Waals surface area contributed by atoms with Crippen molar-refractivity contribution in [2.45, 2.75) is 51.0 Å². The molecule has 4 aliphatic carbocycles. The van der Waals surface area contributed by atoms with E-state index in [1.54, 1.807) is 6.42 Å². The summed E-state index contributed by atoms with van der Waals surface area (Å²) in [7, 11) is 0. The van der Waals surface area contributed by atoms with Crippen molar-refractivity contribution in [1.82, 2.24) is 4.90 Å². The summed E-state index contributed by atoms with van der Waals surface area (Å²) >= 11 is 0. The number of nitrogens with zero attached hydrogens (tertiary/aromatic N) is 1. The lowest BCUT2D eigenvalue weighted by Gasteiger charge is -2.64. The molecule has 2 N–H and O–H groups in total. The van der Waals surface area contributed by atoms with Crippen molar-refractivity contribution in [2.75, 3.05) is 19.6 Å². The van der Waals surface area contributed by atoms with E-state index in [0.717, 1.165) is 36.1 Å². The second kappa shape index (κ2) is 3.96. The van der Waals surface area contributed by atoms with Crippen LogP contribution in [0.4, 0.5) is 0 Å². The first kappa shape index (κ1) is 11.7. The molecule has 0 spiro atoms. The normalized spacial score (nSPS) is 55.3. The smallest absolute Gasteiger partial charge is 0.0388 e. The lowest BCUT2D eigenvalue weighted by Crippen LogP contribution is -2.68. The summed E-state index contributed by atoms with van der Waals surface area (Å²) in [6.07, 6.45) is 8.92. The van der Waals surface area contributed by atoms with E-state index in [0.29, 0.717) is 5.54 Å². The van der Waals surface area contributed by atoms with Crippen molar-refractivity contribution in [3.05, 3.63) is 0 Å². The standard InChI is InChI=1S/C16H28N2/c1-11-2-3-18(9-11)16(10-17)14-5-12-4-13(7-14)8-15(16)6-12/h11-15H,2-10,17H2,1H3. The van der Waals surface area contributed by atoms with Gasteiger partial charge in [-0.25, -0.2) is 0 Å². The zero-order chi connectivity index (χ0) is 12.3. The minimum atomic E-state index is 0.415. The zero-order valence-corrected chi connectivity index (χ0v) is 11.8. The van der Waals surface area contributed by atoms with Crippen molar-refractivity contribution in [2.24, 2.45) is 35.3 Å². The number of hydrogen-bond donors (Lipinski definition) is 1. The zero-order valence-electron chi connectivity index (χ0n) is 11.8. The van der Waals surface area contributed by atoms with E-state index in [4.69, 9.17) is 5.73 Å². The Balaban J connectivity index is 1.67. The van der Waals surface area contributed by atoms with Crippen LogP contribution in [0.3, 0.4) is 0 Å². The van der Waals surface area contributed by atoms with E-state index in [1.165, 1.54) is 45.2 Å². The third kappa shape index (κ3) is 1.42. The van der Waals surface area contributed by atoms with Gasteiger partial charge in [-0.05, 0) is 74.7 Å². The van der Waals surface area contributed by atoms with E-state index in [2.05, 4.69) is 11.8 Å². The molecule has 0 amide bonds. The van der Waals surface area contributed by atoms with Crippen LogP contribution in [-0.4, -0.2) is 30.1 Å². The first-order valence-corrected chi connectivity index (χ1v) is 8.17. The SMILES string of the molecule is CC1CCN(C2(CN)C3CC4CC(C3)CC2C4)C1. The lowest BCUT2D eigenvalue weighted by molar-refractivity contribution is -0.125. The molecule has 0 aromatic heterocycles. The summed E-state index contributed by atoms with van der Waals surface area (Å²) < 4.78 is 0. The van der Waals surface area contributed by atoms with Crippen LogP contribution in [0.5, 0.6) is 0 Å². The molecule has 5 rings (SSSR count). The fourth-order valence-electron chi connectivity index (χ4n) is 6.29. The second-order valence-corrected chi connectivity index (χ2v) is 7.84. The van der Waals surface area contributed by atoms with Gasteiger partial charge in [0.05, 0.1) is 0 Å². The Morgan fingerprint density at radius 3 is 2.11 bits per heavy atom. The molecule has 18 heavy (non-hydrogen) atoms. The van der Waals surface area contributed by atoms with E-state index in [1.807, 2.05) is 0 Å². The molecular formula is C16H28N2. The Labute approximate surface area is 111 Å². The average Bonchev–Trinajstić information content (AvgIpc) is 2.76. The van der Waals surface area contributed by atoms with Gasteiger partial charge in [-0.2, -0.15) is 0 Å². The first-order valence-electron chi connectivity index (χ1n) is 8.17. The van der Waals surface area contributed by atoms with Gasteiger partial charge in [0.15, 0.2) is 0 Å². The minimum absolute atomic E-state index is 0.415. The van der Waals surface area contributed by atoms with Gasteiger partial charge in [-0.3, -0.25) is 4.90 Å². The van der Waals surface area contributed by atoms with Gasteiger partial charge in [-0.1, -0.05) is 6.92 Å². The number of nitrogens with two attached hydrogens (primary N) is 1. The summed E-state index contributed by atoms with van der Waals surface area (Å²) in [4.78, 5) is 2.84. The molecule has 1 unspecified atom stereocenters. The molecule has 2 nitrogen and oxygen atoms in total. The summed E-state index contributed by atoms with van der Waals surface area (Å²) in [5.74, 6) is 4.89. The van der Waals surface area contributed by atoms with Crippen LogP contribution in [0.1, 0.15) is 45.4 Å². The average molecular weight is 248 g/mol. The van der Waals surface area contributed by atoms with Gasteiger partial charge in [0.25, 0.3) is 0 Å². The van der Waals surface area contributed by atoms with E-state index < -0.39 is 0 Å². The highest BCUT2D eigenvalue weighted by Gasteiger charge is 2.59. The predicted molar refractivity (Wildman–Crippen MR) is 74.2 cm³/mol. The fraction of sp³-hybridized carbons (Fsp3) is 1.00. The Bertz CT molecular complexity index is 304. The minimum Gasteiger partial charge on any atom is -0.329 e. The van der Waals surface area contributed by atoms with E-state index >= 15 is 0 Å². The molecule has 1 atom stereocenters. The number of rotatable bonds is 2. The summed E-state index contributed by atoms with van der Waals surface area (Å²) in [5.41, 5.74) is 6.79. The summed E-state index contributed by atoms with van der Waals surface area (Å²) in [6, 6.07) is 0. The number of likely N-dealkylation sites (tertiary alicyclic amines) is 1. The van der Waals surface area contributed by atoms with E-state index in [9.17, 15) is 0 Å². The molecule has 5 aliphatic rings. The van der Waals surface area contributed by atoms with E-state index in [-0.39, 0.29) is 0 Å². The first-order chi connectivity index (χ1) is 8.72. The van der Waals surface area contributed by atoms with Crippen LogP contribution in [0.25, 0.3) is 0 Å². The molecule has 4 bridgehead atoms. The Morgan fingerprint density at radius 1 is 1.06 bits per heavy atom. The summed E-state index contributed by atoms with van der Waals surface area (Å²) in [6.45, 7) is 5.98. The van der Waals surface area contributed by atoms with Gasteiger partial charge in [0.2, 0.25) is 0 Å². The van der Waals surface area contributed by atoms with Crippen LogP contribution < -0.4 is 5.73 Å². The molecule has 1 saturated heterocycles. The van der Waals surface area contributed by atoms with Crippen molar-refractivity contribution >= 4 is 0 Å². The molecule has 0 aromatic rings. The maximum Gasteiger partial charge on any atom is 0.0388 e. The van der Waals surface area contributed by atoms with Crippen LogP contribution in [0.2, 0.25) is 0 Å². The van der Waals surface area contributed by atoms with Crippen LogP contribution >= 0.6 is 0 Å². The van der Waals surface area contributed by atoms with Crippen LogP contribution in [-0.2, 0) is 0 Å². The highest BCUT2D eigenvalue weighted by Crippen LogP contribution is 2.60. The monoisotopic (exact) mass is 248 g/mol. The van der Waals surface area contributed by atoms with Gasteiger partial charge in [0.1, 0.15) is 0 Å².